The lowest BCUT2D eigenvalue weighted by Crippen LogP contribution is -2.37. The van der Waals surface area contributed by atoms with Crippen molar-refractivity contribution in [3.8, 4) is 0 Å². The first kappa shape index (κ1) is 20.1. The molecule has 1 atom stereocenters. The molecule has 142 valence electrons. The number of amides is 1. The van der Waals surface area contributed by atoms with Gasteiger partial charge < -0.3 is 10.1 Å². The molecule has 0 spiro atoms. The molecular formula is C18H24N2O5S. The SMILES string of the molecule is Cc1ccc(/C=C/S(=O)(=O)NCCC(=O)O[C@H](C)C(=O)NC2CC2)cc1. The molecule has 8 heteroatoms. The van der Waals surface area contributed by atoms with E-state index in [-0.39, 0.29) is 24.9 Å². The van der Waals surface area contributed by atoms with Crippen LogP contribution in [-0.2, 0) is 24.3 Å². The summed E-state index contributed by atoms with van der Waals surface area (Å²) in [6.45, 7) is 3.34. The van der Waals surface area contributed by atoms with E-state index in [4.69, 9.17) is 4.74 Å². The van der Waals surface area contributed by atoms with Crippen LogP contribution >= 0.6 is 0 Å². The Kier molecular flexibility index (Phi) is 6.93. The van der Waals surface area contributed by atoms with Gasteiger partial charge in [0.15, 0.2) is 6.10 Å². The van der Waals surface area contributed by atoms with Gasteiger partial charge in [-0.1, -0.05) is 29.8 Å². The number of rotatable bonds is 9. The van der Waals surface area contributed by atoms with Crippen molar-refractivity contribution in [2.45, 2.75) is 45.3 Å². The number of hydrogen-bond donors (Lipinski definition) is 2. The maximum atomic E-state index is 11.9. The lowest BCUT2D eigenvalue weighted by atomic mass is 10.2. The van der Waals surface area contributed by atoms with Gasteiger partial charge in [-0.3, -0.25) is 9.59 Å². The monoisotopic (exact) mass is 380 g/mol. The lowest BCUT2D eigenvalue weighted by molar-refractivity contribution is -0.154. The number of aryl methyl sites for hydroxylation is 1. The summed E-state index contributed by atoms with van der Waals surface area (Å²) < 4.78 is 31.1. The molecule has 1 aliphatic carbocycles. The lowest BCUT2D eigenvalue weighted by Gasteiger charge is -2.13. The third-order valence-corrected chi connectivity index (χ3v) is 4.85. The van der Waals surface area contributed by atoms with Gasteiger partial charge in [-0.25, -0.2) is 13.1 Å². The topological polar surface area (TPSA) is 102 Å². The maximum absolute atomic E-state index is 11.9. The van der Waals surface area contributed by atoms with Crippen LogP contribution in [0.3, 0.4) is 0 Å². The molecule has 0 heterocycles. The van der Waals surface area contributed by atoms with Crippen molar-refractivity contribution in [2.24, 2.45) is 0 Å². The van der Waals surface area contributed by atoms with Gasteiger partial charge in [0.25, 0.3) is 5.91 Å². The van der Waals surface area contributed by atoms with Crippen LogP contribution in [0.1, 0.15) is 37.3 Å². The van der Waals surface area contributed by atoms with E-state index in [2.05, 4.69) is 10.0 Å². The summed E-state index contributed by atoms with van der Waals surface area (Å²) in [4.78, 5) is 23.4. The van der Waals surface area contributed by atoms with E-state index < -0.39 is 22.1 Å². The van der Waals surface area contributed by atoms with Crippen molar-refractivity contribution >= 4 is 28.0 Å². The van der Waals surface area contributed by atoms with E-state index >= 15 is 0 Å². The number of benzene rings is 1. The first-order chi connectivity index (χ1) is 12.2. The van der Waals surface area contributed by atoms with Gasteiger partial charge in [-0.15, -0.1) is 0 Å². The average molecular weight is 380 g/mol. The summed E-state index contributed by atoms with van der Waals surface area (Å²) >= 11 is 0. The molecule has 2 N–H and O–H groups in total. The minimum Gasteiger partial charge on any atom is -0.453 e. The normalized spacial score (nSPS) is 15.6. The first-order valence-corrected chi connectivity index (χ1v) is 10.0. The van der Waals surface area contributed by atoms with E-state index in [0.29, 0.717) is 0 Å². The van der Waals surface area contributed by atoms with E-state index in [1.807, 2.05) is 31.2 Å². The second-order valence-electron chi connectivity index (χ2n) is 6.32. The summed E-state index contributed by atoms with van der Waals surface area (Å²) in [5.41, 5.74) is 1.84. The highest BCUT2D eigenvalue weighted by Gasteiger charge is 2.27. The largest absolute Gasteiger partial charge is 0.453 e. The fourth-order valence-corrected chi connectivity index (χ4v) is 2.86. The van der Waals surface area contributed by atoms with Gasteiger partial charge in [0.1, 0.15) is 0 Å². The molecule has 1 aromatic rings. The van der Waals surface area contributed by atoms with Crippen LogP contribution < -0.4 is 10.0 Å². The molecule has 1 saturated carbocycles. The van der Waals surface area contributed by atoms with Crippen molar-refractivity contribution < 1.29 is 22.7 Å². The van der Waals surface area contributed by atoms with E-state index in [0.717, 1.165) is 29.4 Å². The van der Waals surface area contributed by atoms with Crippen LogP contribution in [0.2, 0.25) is 0 Å². The second-order valence-corrected chi connectivity index (χ2v) is 7.97. The number of sulfonamides is 1. The highest BCUT2D eigenvalue weighted by molar-refractivity contribution is 7.92. The van der Waals surface area contributed by atoms with Crippen LogP contribution in [0.5, 0.6) is 0 Å². The van der Waals surface area contributed by atoms with Crippen molar-refractivity contribution in [1.29, 1.82) is 0 Å². The van der Waals surface area contributed by atoms with Gasteiger partial charge in [-0.2, -0.15) is 0 Å². The molecule has 1 amide bonds. The number of esters is 1. The molecule has 1 fully saturated rings. The third-order valence-electron chi connectivity index (χ3n) is 3.75. The number of hydrogen-bond acceptors (Lipinski definition) is 5. The number of carbonyl (C=O) groups is 2. The standard InChI is InChI=1S/C18H24N2O5S/c1-13-3-5-15(6-4-13)10-12-26(23,24)19-11-9-17(21)25-14(2)18(22)20-16-7-8-16/h3-6,10,12,14,16,19H,7-9,11H2,1-2H3,(H,20,22)/b12-10+/t14-/m1/s1. The first-order valence-electron chi connectivity index (χ1n) is 8.49. The summed E-state index contributed by atoms with van der Waals surface area (Å²) in [6, 6.07) is 7.59. The van der Waals surface area contributed by atoms with Gasteiger partial charge in [0, 0.05) is 18.0 Å². The van der Waals surface area contributed by atoms with E-state index in [1.165, 1.54) is 13.0 Å². The Morgan fingerprint density at radius 2 is 1.92 bits per heavy atom. The van der Waals surface area contributed by atoms with Crippen molar-refractivity contribution in [2.75, 3.05) is 6.54 Å². The highest BCUT2D eigenvalue weighted by Crippen LogP contribution is 2.18. The molecular weight excluding hydrogens is 356 g/mol. The fraction of sp³-hybridized carbons (Fsp3) is 0.444. The zero-order valence-electron chi connectivity index (χ0n) is 14.9. The van der Waals surface area contributed by atoms with Gasteiger partial charge >= 0.3 is 5.97 Å². The minimum absolute atomic E-state index is 0.101. The van der Waals surface area contributed by atoms with E-state index in [1.54, 1.807) is 0 Å². The minimum atomic E-state index is -3.66. The Bertz CT molecular complexity index is 767. The smallest absolute Gasteiger partial charge is 0.307 e. The fourth-order valence-electron chi connectivity index (χ4n) is 2.04. The highest BCUT2D eigenvalue weighted by atomic mass is 32.2. The molecule has 0 radical (unpaired) electrons. The summed E-state index contributed by atoms with van der Waals surface area (Å²) in [5.74, 6) is -0.962. The molecule has 0 bridgehead atoms. The second kappa shape index (κ2) is 8.95. The van der Waals surface area contributed by atoms with E-state index in [9.17, 15) is 18.0 Å². The Hall–Kier alpha value is -2.19. The Balaban J connectivity index is 1.71. The van der Waals surface area contributed by atoms with Gasteiger partial charge in [0.05, 0.1) is 6.42 Å². The number of ether oxygens (including phenoxy) is 1. The average Bonchev–Trinajstić information content (AvgIpc) is 3.38. The zero-order valence-corrected chi connectivity index (χ0v) is 15.7. The number of nitrogens with one attached hydrogen (secondary N) is 2. The molecule has 0 aliphatic heterocycles. The molecule has 0 saturated heterocycles. The molecule has 1 aliphatic rings. The Labute approximate surface area is 153 Å². The van der Waals surface area contributed by atoms with Crippen LogP contribution in [0.4, 0.5) is 0 Å². The summed E-state index contributed by atoms with van der Waals surface area (Å²) in [6.07, 6.45) is 2.33. The summed E-state index contributed by atoms with van der Waals surface area (Å²) in [5, 5.41) is 3.79. The van der Waals surface area contributed by atoms with Crippen LogP contribution in [0.25, 0.3) is 6.08 Å². The summed E-state index contributed by atoms with van der Waals surface area (Å²) in [7, 11) is -3.66. The third kappa shape index (κ3) is 7.37. The number of carbonyl (C=O) groups excluding carboxylic acids is 2. The molecule has 26 heavy (non-hydrogen) atoms. The molecule has 7 nitrogen and oxygen atoms in total. The van der Waals surface area contributed by atoms with Crippen molar-refractivity contribution in [3.63, 3.8) is 0 Å². The van der Waals surface area contributed by atoms with Crippen molar-refractivity contribution in [1.82, 2.24) is 10.0 Å². The predicted molar refractivity (Wildman–Crippen MR) is 98.5 cm³/mol. The Morgan fingerprint density at radius 3 is 2.54 bits per heavy atom. The quantitative estimate of drug-likeness (QED) is 0.632. The zero-order chi connectivity index (χ0) is 19.2. The molecule has 2 rings (SSSR count). The van der Waals surface area contributed by atoms with Crippen molar-refractivity contribution in [3.05, 3.63) is 40.8 Å². The Morgan fingerprint density at radius 1 is 1.27 bits per heavy atom. The van der Waals surface area contributed by atoms with Gasteiger partial charge in [-0.05, 0) is 38.3 Å². The van der Waals surface area contributed by atoms with Crippen LogP contribution in [-0.4, -0.2) is 39.0 Å². The van der Waals surface area contributed by atoms with Gasteiger partial charge in [0.2, 0.25) is 10.0 Å². The molecule has 0 aromatic heterocycles. The predicted octanol–water partition coefficient (Wildman–Crippen LogP) is 1.49. The van der Waals surface area contributed by atoms with Crippen LogP contribution in [0, 0.1) is 6.92 Å². The maximum Gasteiger partial charge on any atom is 0.307 e. The molecule has 0 unspecified atom stereocenters. The van der Waals surface area contributed by atoms with Crippen LogP contribution in [0.15, 0.2) is 29.7 Å². The molecule has 1 aromatic carbocycles.